The number of nitrogens with zero attached hydrogens (tertiary/aromatic N) is 1. The largest absolute Gasteiger partial charge is 0.373 e. The van der Waals surface area contributed by atoms with Gasteiger partial charge in [0.25, 0.3) is 0 Å². The van der Waals surface area contributed by atoms with Crippen molar-refractivity contribution < 1.29 is 14.3 Å². The van der Waals surface area contributed by atoms with E-state index in [-0.39, 0.29) is 36.0 Å². The average molecular weight is 535 g/mol. The predicted molar refractivity (Wildman–Crippen MR) is 150 cm³/mol. The highest BCUT2D eigenvalue weighted by Crippen LogP contribution is 2.34. The summed E-state index contributed by atoms with van der Waals surface area (Å²) in [7, 11) is 1.95. The minimum atomic E-state index is -0.225. The van der Waals surface area contributed by atoms with E-state index in [1.165, 1.54) is 32.1 Å². The quantitative estimate of drug-likeness (QED) is 0.340. The van der Waals surface area contributed by atoms with Gasteiger partial charge in [-0.25, -0.2) is 4.79 Å². The molecule has 2 fully saturated rings. The summed E-state index contributed by atoms with van der Waals surface area (Å²) in [5.74, 6) is 0.820. The highest BCUT2D eigenvalue weighted by atomic mass is 35.5. The molecular formula is C29H47ClN4O3. The van der Waals surface area contributed by atoms with Gasteiger partial charge in [-0.15, -0.1) is 0 Å². The number of benzene rings is 1. The average Bonchev–Trinajstić information content (AvgIpc) is 2.87. The first-order valence-electron chi connectivity index (χ1n) is 14.2. The van der Waals surface area contributed by atoms with Crippen molar-refractivity contribution >= 4 is 23.5 Å². The van der Waals surface area contributed by atoms with E-state index in [0.717, 1.165) is 37.9 Å². The number of piperidine rings is 1. The molecule has 1 aromatic rings. The van der Waals surface area contributed by atoms with Gasteiger partial charge in [0.15, 0.2) is 0 Å². The smallest absolute Gasteiger partial charge is 0.317 e. The molecule has 0 aromatic heterocycles. The molecule has 3 amide bonds. The lowest BCUT2D eigenvalue weighted by Crippen LogP contribution is -2.52. The minimum Gasteiger partial charge on any atom is -0.373 e. The molecule has 0 spiro atoms. The number of ether oxygens (including phenoxy) is 1. The number of halogens is 1. The van der Waals surface area contributed by atoms with Crippen LogP contribution in [0.4, 0.5) is 4.79 Å². The van der Waals surface area contributed by atoms with Gasteiger partial charge in [-0.1, -0.05) is 55.8 Å². The molecule has 7 nitrogen and oxygen atoms in total. The zero-order valence-electron chi connectivity index (χ0n) is 22.9. The number of likely N-dealkylation sites (N-methyl/N-ethyl adjacent to an activating group) is 1. The molecule has 0 radical (unpaired) electrons. The zero-order valence-corrected chi connectivity index (χ0v) is 23.7. The fourth-order valence-electron chi connectivity index (χ4n) is 5.83. The number of urea groups is 1. The summed E-state index contributed by atoms with van der Waals surface area (Å²) in [6, 6.07) is 8.01. The Balaban J connectivity index is 1.63. The van der Waals surface area contributed by atoms with Crippen molar-refractivity contribution in [3.8, 4) is 0 Å². The maximum Gasteiger partial charge on any atom is 0.317 e. The van der Waals surface area contributed by atoms with Gasteiger partial charge in [0.2, 0.25) is 5.91 Å². The van der Waals surface area contributed by atoms with Crippen molar-refractivity contribution in [2.24, 2.45) is 11.8 Å². The van der Waals surface area contributed by atoms with Crippen LogP contribution < -0.4 is 16.0 Å². The number of likely N-dealkylation sites (tertiary alicyclic amines) is 1. The predicted octanol–water partition coefficient (Wildman–Crippen LogP) is 5.29. The van der Waals surface area contributed by atoms with Crippen molar-refractivity contribution in [2.45, 2.75) is 89.8 Å². The summed E-state index contributed by atoms with van der Waals surface area (Å²) in [6.07, 6.45) is 9.50. The number of nitrogens with one attached hydrogen (secondary N) is 3. The van der Waals surface area contributed by atoms with E-state index in [9.17, 15) is 9.59 Å². The van der Waals surface area contributed by atoms with Crippen LogP contribution in [0, 0.1) is 11.8 Å². The Morgan fingerprint density at radius 2 is 1.89 bits per heavy atom. The summed E-state index contributed by atoms with van der Waals surface area (Å²) in [5.41, 5.74) is 0.995. The fourth-order valence-corrected chi connectivity index (χ4v) is 6.03. The van der Waals surface area contributed by atoms with Gasteiger partial charge >= 0.3 is 6.03 Å². The number of hydrogen-bond donors (Lipinski definition) is 3. The highest BCUT2D eigenvalue weighted by molar-refractivity contribution is 6.30. The summed E-state index contributed by atoms with van der Waals surface area (Å²) in [5, 5.41) is 10.2. The van der Waals surface area contributed by atoms with Crippen molar-refractivity contribution in [1.29, 1.82) is 0 Å². The molecule has 1 saturated heterocycles. The molecule has 1 aliphatic heterocycles. The molecule has 3 atom stereocenters. The maximum absolute atomic E-state index is 13.4. The number of amides is 3. The Kier molecular flexibility index (Phi) is 12.5. The Bertz CT molecular complexity index is 846. The second kappa shape index (κ2) is 15.6. The molecule has 1 aliphatic carbocycles. The van der Waals surface area contributed by atoms with Crippen LogP contribution in [0.15, 0.2) is 24.3 Å². The van der Waals surface area contributed by atoms with Crippen molar-refractivity contribution in [1.82, 2.24) is 20.9 Å². The Morgan fingerprint density at radius 3 is 2.59 bits per heavy atom. The normalized spacial score (nSPS) is 20.5. The third kappa shape index (κ3) is 10.1. The summed E-state index contributed by atoms with van der Waals surface area (Å²) >= 11 is 6.32. The first-order valence-corrected chi connectivity index (χ1v) is 14.6. The molecule has 3 rings (SSSR count). The van der Waals surface area contributed by atoms with Gasteiger partial charge in [-0.05, 0) is 63.8 Å². The van der Waals surface area contributed by atoms with E-state index in [0.29, 0.717) is 30.5 Å². The molecule has 3 unspecified atom stereocenters. The number of rotatable bonds is 12. The minimum absolute atomic E-state index is 0.0157. The van der Waals surface area contributed by atoms with E-state index in [4.69, 9.17) is 16.3 Å². The molecule has 208 valence electrons. The third-order valence-corrected chi connectivity index (χ3v) is 7.78. The van der Waals surface area contributed by atoms with E-state index >= 15 is 0 Å². The molecule has 3 N–H and O–H groups in total. The molecule has 8 heteroatoms. The fraction of sp³-hybridized carbons (Fsp3) is 0.724. The van der Waals surface area contributed by atoms with Crippen LogP contribution in [0.3, 0.4) is 0 Å². The van der Waals surface area contributed by atoms with Crippen LogP contribution in [-0.4, -0.2) is 62.2 Å². The van der Waals surface area contributed by atoms with Gasteiger partial charge in [0.1, 0.15) is 0 Å². The Hall–Kier alpha value is -1.83. The van der Waals surface area contributed by atoms with E-state index < -0.39 is 0 Å². The second-order valence-electron chi connectivity index (χ2n) is 11.1. The second-order valence-corrected chi connectivity index (χ2v) is 11.5. The van der Waals surface area contributed by atoms with Gasteiger partial charge in [0.05, 0.1) is 12.7 Å². The summed E-state index contributed by atoms with van der Waals surface area (Å²) in [4.78, 5) is 27.5. The van der Waals surface area contributed by atoms with Crippen LogP contribution in [0.25, 0.3) is 0 Å². The van der Waals surface area contributed by atoms with Crippen LogP contribution in [-0.2, 0) is 9.53 Å². The molecule has 1 aromatic carbocycles. The van der Waals surface area contributed by atoms with E-state index in [1.54, 1.807) is 0 Å². The Morgan fingerprint density at radius 1 is 1.11 bits per heavy atom. The molecule has 2 aliphatic rings. The van der Waals surface area contributed by atoms with Gasteiger partial charge in [-0.3, -0.25) is 4.79 Å². The van der Waals surface area contributed by atoms with Crippen molar-refractivity contribution in [3.05, 3.63) is 34.9 Å². The van der Waals surface area contributed by atoms with E-state index in [1.807, 2.05) is 50.1 Å². The van der Waals surface area contributed by atoms with Crippen LogP contribution in [0.5, 0.6) is 0 Å². The highest BCUT2D eigenvalue weighted by Gasteiger charge is 2.32. The van der Waals surface area contributed by atoms with Gasteiger partial charge in [-0.2, -0.15) is 0 Å². The first-order chi connectivity index (χ1) is 17.9. The van der Waals surface area contributed by atoms with Gasteiger partial charge < -0.3 is 25.6 Å². The van der Waals surface area contributed by atoms with Crippen molar-refractivity contribution in [3.63, 3.8) is 0 Å². The van der Waals surface area contributed by atoms with Crippen LogP contribution in [0.1, 0.15) is 83.3 Å². The monoisotopic (exact) mass is 534 g/mol. The number of carbonyl (C=O) groups excluding carboxylic acids is 2. The topological polar surface area (TPSA) is 82.7 Å². The van der Waals surface area contributed by atoms with Crippen LogP contribution >= 0.6 is 11.6 Å². The Labute approximate surface area is 228 Å². The third-order valence-electron chi connectivity index (χ3n) is 7.55. The maximum atomic E-state index is 13.4. The molecule has 0 bridgehead atoms. The van der Waals surface area contributed by atoms with Crippen LogP contribution in [0.2, 0.25) is 5.02 Å². The lowest BCUT2D eigenvalue weighted by molar-refractivity contribution is -0.123. The lowest BCUT2D eigenvalue weighted by atomic mass is 9.85. The summed E-state index contributed by atoms with van der Waals surface area (Å²) < 4.78 is 6.34. The molecule has 1 heterocycles. The lowest BCUT2D eigenvalue weighted by Gasteiger charge is -2.38. The van der Waals surface area contributed by atoms with Crippen molar-refractivity contribution in [2.75, 3.05) is 33.3 Å². The first kappa shape index (κ1) is 29.7. The SMILES string of the molecule is CNCC(CC1CCCCC1)NC(=O)N1CCCC(C(OCCC(=O)NC(C)C)c2cccc(Cl)c2)C1. The number of hydrogen-bond acceptors (Lipinski definition) is 4. The molecule has 1 saturated carbocycles. The standard InChI is InChI=1S/C29H47ClN4O3/c1-21(2)32-27(35)14-16-37-28(23-11-7-13-25(30)18-23)24-12-8-15-34(20-24)29(36)33-26(19-31-3)17-22-9-5-4-6-10-22/h7,11,13,18,21-22,24,26,28,31H,4-6,8-10,12,14-17,19-20H2,1-3H3,(H,32,35)(H,33,36). The summed E-state index contributed by atoms with van der Waals surface area (Å²) in [6.45, 7) is 6.38. The molecule has 37 heavy (non-hydrogen) atoms. The van der Waals surface area contributed by atoms with E-state index in [2.05, 4.69) is 16.0 Å². The number of carbonyl (C=O) groups is 2. The zero-order chi connectivity index (χ0) is 26.6. The van der Waals surface area contributed by atoms with Gasteiger partial charge in [0, 0.05) is 49.1 Å². The molecular weight excluding hydrogens is 488 g/mol.